The van der Waals surface area contributed by atoms with Crippen LogP contribution >= 0.6 is 22.9 Å². The molecule has 5 heteroatoms. The first-order valence-corrected chi connectivity index (χ1v) is 7.07. The van der Waals surface area contributed by atoms with Gasteiger partial charge in [0.25, 0.3) is 5.91 Å². The quantitative estimate of drug-likeness (QED) is 0.786. The van der Waals surface area contributed by atoms with E-state index in [1.54, 1.807) is 12.1 Å². The van der Waals surface area contributed by atoms with Crippen molar-refractivity contribution in [2.45, 2.75) is 19.5 Å². The molecule has 1 unspecified atom stereocenters. The summed E-state index contributed by atoms with van der Waals surface area (Å²) in [4.78, 5) is 15.1. The Morgan fingerprint density at radius 1 is 1.39 bits per heavy atom. The van der Waals surface area contributed by atoms with Gasteiger partial charge in [0, 0.05) is 25.0 Å². The highest BCUT2D eigenvalue weighted by Gasteiger charge is 2.28. The van der Waals surface area contributed by atoms with E-state index in [4.69, 9.17) is 11.6 Å². The molecule has 0 saturated carbocycles. The van der Waals surface area contributed by atoms with E-state index in [9.17, 15) is 4.79 Å². The molecule has 0 saturated heterocycles. The molecule has 0 N–H and O–H groups in total. The number of nitrogens with zero attached hydrogens (tertiary/aromatic N) is 2. The Hall–Kier alpha value is -1.26. The van der Waals surface area contributed by atoms with Crippen LogP contribution in [0.15, 0.2) is 30.5 Å². The first kappa shape index (κ1) is 11.8. The Morgan fingerprint density at radius 2 is 2.22 bits per heavy atom. The maximum absolute atomic E-state index is 12.4. The van der Waals surface area contributed by atoms with Crippen molar-refractivity contribution in [2.24, 2.45) is 0 Å². The summed E-state index contributed by atoms with van der Waals surface area (Å²) in [5.41, 5.74) is 1.19. The normalized spacial score (nSPS) is 18.8. The van der Waals surface area contributed by atoms with Crippen molar-refractivity contribution in [2.75, 3.05) is 6.54 Å². The van der Waals surface area contributed by atoms with Gasteiger partial charge in [-0.1, -0.05) is 11.6 Å². The maximum Gasteiger partial charge on any atom is 0.264 e. The van der Waals surface area contributed by atoms with Gasteiger partial charge < -0.3 is 9.47 Å². The summed E-state index contributed by atoms with van der Waals surface area (Å²) < 4.78 is 2.86. The molecular weight excluding hydrogens is 268 g/mol. The number of halogens is 1. The largest absolute Gasteiger partial charge is 0.348 e. The fourth-order valence-corrected chi connectivity index (χ4v) is 3.43. The van der Waals surface area contributed by atoms with Gasteiger partial charge in [-0.3, -0.25) is 4.79 Å². The smallest absolute Gasteiger partial charge is 0.264 e. The predicted octanol–water partition coefficient (Wildman–Crippen LogP) is 3.42. The average molecular weight is 281 g/mol. The Kier molecular flexibility index (Phi) is 2.92. The van der Waals surface area contributed by atoms with Crippen molar-refractivity contribution in [1.29, 1.82) is 0 Å². The second kappa shape index (κ2) is 4.44. The van der Waals surface area contributed by atoms with Gasteiger partial charge >= 0.3 is 0 Å². The highest BCUT2D eigenvalue weighted by Crippen LogP contribution is 2.29. The van der Waals surface area contributed by atoms with Gasteiger partial charge in [-0.15, -0.1) is 11.3 Å². The number of rotatable bonds is 1. The van der Waals surface area contributed by atoms with Gasteiger partial charge in [-0.2, -0.15) is 0 Å². The molecule has 1 aliphatic heterocycles. The maximum atomic E-state index is 12.4. The molecule has 18 heavy (non-hydrogen) atoms. The van der Waals surface area contributed by atoms with E-state index in [1.807, 2.05) is 11.0 Å². The van der Waals surface area contributed by atoms with E-state index in [2.05, 4.69) is 23.8 Å². The second-order valence-corrected chi connectivity index (χ2v) is 6.12. The van der Waals surface area contributed by atoms with Crippen LogP contribution in [0.25, 0.3) is 0 Å². The number of aromatic nitrogens is 1. The van der Waals surface area contributed by atoms with Crippen LogP contribution in [-0.2, 0) is 6.54 Å². The SMILES string of the molecule is CC1c2cccn2CCN1C(=O)c1ccc(Cl)s1. The minimum absolute atomic E-state index is 0.0758. The molecule has 3 heterocycles. The van der Waals surface area contributed by atoms with E-state index in [0.29, 0.717) is 9.21 Å². The molecule has 1 atom stereocenters. The molecule has 0 radical (unpaired) electrons. The molecule has 3 rings (SSSR count). The Morgan fingerprint density at radius 3 is 2.94 bits per heavy atom. The fourth-order valence-electron chi connectivity index (χ4n) is 2.43. The van der Waals surface area contributed by atoms with Crippen LogP contribution in [0.3, 0.4) is 0 Å². The highest BCUT2D eigenvalue weighted by atomic mass is 35.5. The topological polar surface area (TPSA) is 25.2 Å². The number of hydrogen-bond donors (Lipinski definition) is 0. The molecule has 0 aliphatic carbocycles. The predicted molar refractivity (Wildman–Crippen MR) is 73.2 cm³/mol. The number of carbonyl (C=O) groups excluding carboxylic acids is 1. The average Bonchev–Trinajstić information content (AvgIpc) is 2.97. The third kappa shape index (κ3) is 1.85. The van der Waals surface area contributed by atoms with Crippen LogP contribution in [-0.4, -0.2) is 21.9 Å². The summed E-state index contributed by atoms with van der Waals surface area (Å²) in [6.07, 6.45) is 2.07. The molecule has 94 valence electrons. The summed E-state index contributed by atoms with van der Waals surface area (Å²) >= 11 is 7.23. The van der Waals surface area contributed by atoms with E-state index >= 15 is 0 Å². The monoisotopic (exact) mass is 280 g/mol. The lowest BCUT2D eigenvalue weighted by atomic mass is 10.1. The molecule has 0 fully saturated rings. The molecule has 0 spiro atoms. The summed E-state index contributed by atoms with van der Waals surface area (Å²) in [5.74, 6) is 0.0758. The van der Waals surface area contributed by atoms with Crippen molar-refractivity contribution in [1.82, 2.24) is 9.47 Å². The summed E-state index contributed by atoms with van der Waals surface area (Å²) in [5, 5.41) is 0. The minimum Gasteiger partial charge on any atom is -0.348 e. The molecular formula is C13H13ClN2OS. The zero-order chi connectivity index (χ0) is 12.7. The third-order valence-electron chi connectivity index (χ3n) is 3.39. The van der Waals surface area contributed by atoms with E-state index in [1.165, 1.54) is 17.0 Å². The molecule has 2 aromatic heterocycles. The van der Waals surface area contributed by atoms with E-state index in [0.717, 1.165) is 13.1 Å². The minimum atomic E-state index is 0.0758. The number of fused-ring (bicyclic) bond motifs is 1. The van der Waals surface area contributed by atoms with Crippen LogP contribution in [0.1, 0.15) is 28.3 Å². The van der Waals surface area contributed by atoms with Gasteiger partial charge in [0.05, 0.1) is 15.3 Å². The molecule has 0 bridgehead atoms. The van der Waals surface area contributed by atoms with E-state index < -0.39 is 0 Å². The molecule has 3 nitrogen and oxygen atoms in total. The summed E-state index contributed by atoms with van der Waals surface area (Å²) in [6, 6.07) is 7.79. The van der Waals surface area contributed by atoms with Crippen LogP contribution in [0.4, 0.5) is 0 Å². The van der Waals surface area contributed by atoms with Gasteiger partial charge in [-0.05, 0) is 31.2 Å². The number of thiophene rings is 1. The second-order valence-electron chi connectivity index (χ2n) is 4.40. The third-order valence-corrected chi connectivity index (χ3v) is 4.61. The number of hydrogen-bond acceptors (Lipinski definition) is 2. The zero-order valence-electron chi connectivity index (χ0n) is 9.97. The van der Waals surface area contributed by atoms with Crippen LogP contribution < -0.4 is 0 Å². The highest BCUT2D eigenvalue weighted by molar-refractivity contribution is 7.17. The molecule has 2 aromatic rings. The van der Waals surface area contributed by atoms with Crippen molar-refractivity contribution in [3.05, 3.63) is 45.4 Å². The number of amides is 1. The number of carbonyl (C=O) groups is 1. The lowest BCUT2D eigenvalue weighted by molar-refractivity contribution is 0.0649. The van der Waals surface area contributed by atoms with Crippen molar-refractivity contribution < 1.29 is 4.79 Å². The van der Waals surface area contributed by atoms with Gasteiger partial charge in [-0.25, -0.2) is 0 Å². The molecule has 1 amide bonds. The first-order chi connectivity index (χ1) is 8.66. The Labute approximate surface area is 115 Å². The standard InChI is InChI=1S/C13H13ClN2OS/c1-9-10-3-2-6-15(10)7-8-16(9)13(17)11-4-5-12(14)18-11/h2-6,9H,7-8H2,1H3. The van der Waals surface area contributed by atoms with Crippen LogP contribution in [0.5, 0.6) is 0 Å². The summed E-state index contributed by atoms with van der Waals surface area (Å²) in [6.45, 7) is 3.67. The zero-order valence-corrected chi connectivity index (χ0v) is 11.5. The Balaban J connectivity index is 1.88. The lowest BCUT2D eigenvalue weighted by Crippen LogP contribution is -2.40. The van der Waals surface area contributed by atoms with Crippen molar-refractivity contribution in [3.63, 3.8) is 0 Å². The summed E-state index contributed by atoms with van der Waals surface area (Å²) in [7, 11) is 0. The van der Waals surface area contributed by atoms with Crippen LogP contribution in [0, 0.1) is 0 Å². The molecule has 1 aliphatic rings. The van der Waals surface area contributed by atoms with Crippen molar-refractivity contribution in [3.8, 4) is 0 Å². The van der Waals surface area contributed by atoms with Gasteiger partial charge in [0.2, 0.25) is 0 Å². The first-order valence-electron chi connectivity index (χ1n) is 5.88. The lowest BCUT2D eigenvalue weighted by Gasteiger charge is -2.34. The van der Waals surface area contributed by atoms with Crippen LogP contribution in [0.2, 0.25) is 4.34 Å². The Bertz CT molecular complexity index is 589. The van der Waals surface area contributed by atoms with Gasteiger partial charge in [0.1, 0.15) is 0 Å². The van der Waals surface area contributed by atoms with Gasteiger partial charge in [0.15, 0.2) is 0 Å². The van der Waals surface area contributed by atoms with E-state index in [-0.39, 0.29) is 11.9 Å². The van der Waals surface area contributed by atoms with Crippen molar-refractivity contribution >= 4 is 28.8 Å². The fraction of sp³-hybridized carbons (Fsp3) is 0.308. The molecule has 0 aromatic carbocycles.